The lowest BCUT2D eigenvalue weighted by atomic mass is 9.98. The molecule has 112 valence electrons. The molecular formula is C15H20N4O2. The molecule has 0 fully saturated rings. The standard InChI is InChI=1S/C15H20N4O2/c1-10(7-16)12-8-17-18-13-11(12)5-6-19(13)9-21-14(20)15(2,3)4/h5-8H,9,16H2,1-4H3/b10-7+. The van der Waals surface area contributed by atoms with Gasteiger partial charge in [0.2, 0.25) is 0 Å². The Kier molecular flexibility index (Phi) is 3.97. The summed E-state index contributed by atoms with van der Waals surface area (Å²) in [6, 6.07) is 1.91. The average Bonchev–Trinajstić information content (AvgIpc) is 2.85. The van der Waals surface area contributed by atoms with E-state index in [-0.39, 0.29) is 12.7 Å². The van der Waals surface area contributed by atoms with Crippen LogP contribution < -0.4 is 5.73 Å². The van der Waals surface area contributed by atoms with Crippen molar-refractivity contribution in [3.63, 3.8) is 0 Å². The van der Waals surface area contributed by atoms with E-state index in [0.29, 0.717) is 5.65 Å². The monoisotopic (exact) mass is 288 g/mol. The molecule has 2 aromatic heterocycles. The second-order valence-electron chi connectivity index (χ2n) is 5.94. The first-order valence-corrected chi connectivity index (χ1v) is 6.71. The number of fused-ring (bicyclic) bond motifs is 1. The second kappa shape index (κ2) is 5.55. The van der Waals surface area contributed by atoms with E-state index in [9.17, 15) is 4.79 Å². The highest BCUT2D eigenvalue weighted by atomic mass is 16.5. The lowest BCUT2D eigenvalue weighted by molar-refractivity contribution is -0.156. The number of nitrogens with zero attached hydrogens (tertiary/aromatic N) is 3. The van der Waals surface area contributed by atoms with Crippen molar-refractivity contribution in [3.05, 3.63) is 30.2 Å². The molecule has 0 aromatic carbocycles. The van der Waals surface area contributed by atoms with Crippen molar-refractivity contribution < 1.29 is 9.53 Å². The molecule has 6 heteroatoms. The number of carbonyl (C=O) groups excluding carboxylic acids is 1. The van der Waals surface area contributed by atoms with Crippen LogP contribution in [0.4, 0.5) is 0 Å². The molecule has 21 heavy (non-hydrogen) atoms. The van der Waals surface area contributed by atoms with Gasteiger partial charge in [-0.1, -0.05) is 0 Å². The first-order chi connectivity index (χ1) is 9.84. The summed E-state index contributed by atoms with van der Waals surface area (Å²) in [7, 11) is 0. The fraction of sp³-hybridized carbons (Fsp3) is 0.400. The van der Waals surface area contributed by atoms with E-state index in [1.807, 2.05) is 40.0 Å². The fourth-order valence-corrected chi connectivity index (χ4v) is 1.85. The summed E-state index contributed by atoms with van der Waals surface area (Å²) in [6.07, 6.45) is 5.03. The molecule has 0 aliphatic carbocycles. The Bertz CT molecular complexity index is 695. The first-order valence-electron chi connectivity index (χ1n) is 6.71. The molecule has 2 heterocycles. The van der Waals surface area contributed by atoms with E-state index >= 15 is 0 Å². The summed E-state index contributed by atoms with van der Waals surface area (Å²) < 4.78 is 7.05. The number of hydrogen-bond donors (Lipinski definition) is 1. The molecule has 0 spiro atoms. The van der Waals surface area contributed by atoms with Crippen molar-refractivity contribution in [2.75, 3.05) is 0 Å². The van der Waals surface area contributed by atoms with Gasteiger partial charge in [-0.15, -0.1) is 5.10 Å². The summed E-state index contributed by atoms with van der Waals surface area (Å²) in [5.41, 5.74) is 7.53. The smallest absolute Gasteiger partial charge is 0.312 e. The lowest BCUT2D eigenvalue weighted by Gasteiger charge is -2.16. The molecule has 0 bridgehead atoms. The van der Waals surface area contributed by atoms with Crippen LogP contribution in [0.25, 0.3) is 16.6 Å². The van der Waals surface area contributed by atoms with Crippen LogP contribution in [0, 0.1) is 5.41 Å². The van der Waals surface area contributed by atoms with Gasteiger partial charge in [-0.25, -0.2) is 0 Å². The molecule has 0 aliphatic heterocycles. The molecule has 0 saturated carbocycles. The highest BCUT2D eigenvalue weighted by molar-refractivity contribution is 5.89. The van der Waals surface area contributed by atoms with Crippen molar-refractivity contribution in [2.24, 2.45) is 11.1 Å². The van der Waals surface area contributed by atoms with Crippen LogP contribution in [0.5, 0.6) is 0 Å². The van der Waals surface area contributed by atoms with Crippen molar-refractivity contribution in [1.29, 1.82) is 0 Å². The third-order valence-electron chi connectivity index (χ3n) is 3.19. The Morgan fingerprint density at radius 3 is 2.81 bits per heavy atom. The predicted octanol–water partition coefficient (Wildman–Crippen LogP) is 2.30. The Balaban J connectivity index is 2.29. The Labute approximate surface area is 123 Å². The zero-order valence-electron chi connectivity index (χ0n) is 12.8. The van der Waals surface area contributed by atoms with E-state index in [1.54, 1.807) is 10.8 Å². The van der Waals surface area contributed by atoms with Gasteiger partial charge in [-0.3, -0.25) is 9.36 Å². The zero-order valence-corrected chi connectivity index (χ0v) is 12.8. The third-order valence-corrected chi connectivity index (χ3v) is 3.19. The molecular weight excluding hydrogens is 268 g/mol. The fourth-order valence-electron chi connectivity index (χ4n) is 1.85. The van der Waals surface area contributed by atoms with E-state index in [0.717, 1.165) is 16.5 Å². The van der Waals surface area contributed by atoms with Crippen molar-refractivity contribution in [1.82, 2.24) is 14.8 Å². The van der Waals surface area contributed by atoms with Crippen LogP contribution >= 0.6 is 0 Å². The van der Waals surface area contributed by atoms with Crippen LogP contribution in [0.3, 0.4) is 0 Å². The summed E-state index contributed by atoms with van der Waals surface area (Å²) in [6.45, 7) is 7.47. The van der Waals surface area contributed by atoms with E-state index in [2.05, 4.69) is 10.2 Å². The molecule has 0 amide bonds. The molecule has 2 N–H and O–H groups in total. The highest BCUT2D eigenvalue weighted by Crippen LogP contribution is 2.23. The number of carbonyl (C=O) groups is 1. The quantitative estimate of drug-likeness (QED) is 0.876. The number of nitrogens with two attached hydrogens (primary N) is 1. The van der Waals surface area contributed by atoms with Crippen LogP contribution in [0.1, 0.15) is 33.3 Å². The molecule has 2 aromatic rings. The topological polar surface area (TPSA) is 83.0 Å². The highest BCUT2D eigenvalue weighted by Gasteiger charge is 2.23. The van der Waals surface area contributed by atoms with Gasteiger partial charge in [0.15, 0.2) is 12.4 Å². The minimum absolute atomic E-state index is 0.114. The Hall–Kier alpha value is -2.37. The largest absolute Gasteiger partial charge is 0.443 e. The van der Waals surface area contributed by atoms with E-state index in [4.69, 9.17) is 10.5 Å². The molecule has 0 atom stereocenters. The SMILES string of the molecule is C/C(=C\N)c1cnnc2c1ccn2COC(=O)C(C)(C)C. The molecule has 6 nitrogen and oxygen atoms in total. The van der Waals surface area contributed by atoms with Gasteiger partial charge in [-0.05, 0) is 45.5 Å². The molecule has 2 rings (SSSR count). The van der Waals surface area contributed by atoms with Crippen LogP contribution in [0.2, 0.25) is 0 Å². The summed E-state index contributed by atoms with van der Waals surface area (Å²) in [5, 5.41) is 9.02. The van der Waals surface area contributed by atoms with Gasteiger partial charge in [0, 0.05) is 17.1 Å². The van der Waals surface area contributed by atoms with Gasteiger partial charge in [0.25, 0.3) is 0 Å². The predicted molar refractivity (Wildman–Crippen MR) is 80.9 cm³/mol. The van der Waals surface area contributed by atoms with Gasteiger partial charge in [0.1, 0.15) is 0 Å². The first kappa shape index (κ1) is 15.0. The maximum Gasteiger partial charge on any atom is 0.312 e. The summed E-state index contributed by atoms with van der Waals surface area (Å²) in [4.78, 5) is 11.8. The molecule has 0 unspecified atom stereocenters. The van der Waals surface area contributed by atoms with E-state index in [1.165, 1.54) is 6.20 Å². The number of rotatable bonds is 3. The number of aromatic nitrogens is 3. The van der Waals surface area contributed by atoms with Crippen LogP contribution in [0.15, 0.2) is 24.7 Å². The van der Waals surface area contributed by atoms with Crippen molar-refractivity contribution in [3.8, 4) is 0 Å². The summed E-state index contributed by atoms with van der Waals surface area (Å²) in [5.74, 6) is -0.258. The van der Waals surface area contributed by atoms with Gasteiger partial charge in [-0.2, -0.15) is 5.10 Å². The number of ether oxygens (including phenoxy) is 1. The molecule has 0 radical (unpaired) electrons. The van der Waals surface area contributed by atoms with Crippen molar-refractivity contribution >= 4 is 22.6 Å². The lowest BCUT2D eigenvalue weighted by Crippen LogP contribution is -2.23. The van der Waals surface area contributed by atoms with Gasteiger partial charge >= 0.3 is 5.97 Å². The third kappa shape index (κ3) is 3.04. The maximum atomic E-state index is 11.8. The summed E-state index contributed by atoms with van der Waals surface area (Å²) >= 11 is 0. The van der Waals surface area contributed by atoms with E-state index < -0.39 is 5.41 Å². The number of hydrogen-bond acceptors (Lipinski definition) is 5. The molecule has 0 aliphatic rings. The Morgan fingerprint density at radius 1 is 1.48 bits per heavy atom. The Morgan fingerprint density at radius 2 is 2.19 bits per heavy atom. The normalized spacial score (nSPS) is 12.7. The van der Waals surface area contributed by atoms with Gasteiger partial charge in [0.05, 0.1) is 11.6 Å². The van der Waals surface area contributed by atoms with Crippen LogP contribution in [-0.2, 0) is 16.3 Å². The molecule has 0 saturated heterocycles. The minimum Gasteiger partial charge on any atom is -0.443 e. The number of esters is 1. The maximum absolute atomic E-state index is 11.8. The van der Waals surface area contributed by atoms with Crippen molar-refractivity contribution in [2.45, 2.75) is 34.4 Å². The second-order valence-corrected chi connectivity index (χ2v) is 5.94. The zero-order chi connectivity index (χ0) is 15.6. The average molecular weight is 288 g/mol. The van der Waals surface area contributed by atoms with Gasteiger partial charge < -0.3 is 10.5 Å². The minimum atomic E-state index is -0.529. The number of allylic oxidation sites excluding steroid dienone is 1. The van der Waals surface area contributed by atoms with Crippen LogP contribution in [-0.4, -0.2) is 20.7 Å².